The van der Waals surface area contributed by atoms with Crippen LogP contribution in [-0.2, 0) is 32.0 Å². The maximum Gasteiger partial charge on any atom is 0.243 e. The van der Waals surface area contributed by atoms with Crippen LogP contribution in [0.5, 0.6) is 0 Å². The lowest BCUT2D eigenvalue weighted by atomic mass is 9.93. The van der Waals surface area contributed by atoms with Crippen molar-refractivity contribution < 1.29 is 19.2 Å². The van der Waals surface area contributed by atoms with Crippen LogP contribution in [0.15, 0.2) is 60.7 Å². The molecular formula is C25H31N5O4. The molecule has 180 valence electrons. The number of hydrogen-bond acceptors (Lipinski definition) is 5. The van der Waals surface area contributed by atoms with Gasteiger partial charge in [0.2, 0.25) is 23.6 Å². The summed E-state index contributed by atoms with van der Waals surface area (Å²) in [5, 5.41) is 8.31. The molecule has 0 spiro atoms. The summed E-state index contributed by atoms with van der Waals surface area (Å²) in [6.45, 7) is 0.530. The third-order valence-electron chi connectivity index (χ3n) is 5.93. The van der Waals surface area contributed by atoms with Crippen molar-refractivity contribution in [3.05, 3.63) is 71.8 Å². The molecule has 0 saturated carbocycles. The number of benzene rings is 2. The average Bonchev–Trinajstić information content (AvgIpc) is 3.23. The molecule has 9 heteroatoms. The topological polar surface area (TPSA) is 156 Å². The first-order chi connectivity index (χ1) is 16.3. The first kappa shape index (κ1) is 24.9. The molecular weight excluding hydrogens is 434 g/mol. The van der Waals surface area contributed by atoms with Crippen LogP contribution in [0.4, 0.5) is 0 Å². The molecule has 1 saturated heterocycles. The first-order valence-electron chi connectivity index (χ1n) is 11.3. The van der Waals surface area contributed by atoms with Gasteiger partial charge >= 0.3 is 0 Å². The zero-order valence-electron chi connectivity index (χ0n) is 18.9. The second-order valence-electron chi connectivity index (χ2n) is 8.53. The molecule has 9 nitrogen and oxygen atoms in total. The van der Waals surface area contributed by atoms with E-state index in [1.165, 1.54) is 0 Å². The Balaban J connectivity index is 1.75. The lowest BCUT2D eigenvalue weighted by molar-refractivity contribution is -0.130. The summed E-state index contributed by atoms with van der Waals surface area (Å²) >= 11 is 0. The quantitative estimate of drug-likeness (QED) is 0.310. The van der Waals surface area contributed by atoms with Crippen LogP contribution >= 0.6 is 0 Å². The number of nitrogens with two attached hydrogens (primary N) is 2. The highest BCUT2D eigenvalue weighted by Gasteiger charge is 2.34. The standard InChI is InChI=1S/C25H31N5O4/c26-22(23(27)32)19(15-18-11-12-28-24(18)33)30-25(34)20(13-16-7-3-1-4-8-16)29-21(31)14-17-9-5-2-6-10-17/h1-10,18-20,22H,11-15,26H2,(H2,27,32)(H,28,33)(H,29,31)(H,30,34)/t18-,19-,20-,22-/m0/s1. The summed E-state index contributed by atoms with van der Waals surface area (Å²) in [4.78, 5) is 49.9. The Bertz CT molecular complexity index is 999. The summed E-state index contributed by atoms with van der Waals surface area (Å²) < 4.78 is 0. The lowest BCUT2D eigenvalue weighted by Gasteiger charge is -2.27. The Morgan fingerprint density at radius 2 is 1.59 bits per heavy atom. The van der Waals surface area contributed by atoms with Gasteiger partial charge in [-0.1, -0.05) is 60.7 Å². The molecule has 0 bridgehead atoms. The van der Waals surface area contributed by atoms with Crippen molar-refractivity contribution in [2.75, 3.05) is 6.54 Å². The van der Waals surface area contributed by atoms with Gasteiger partial charge in [0.25, 0.3) is 0 Å². The van der Waals surface area contributed by atoms with Gasteiger partial charge in [-0.2, -0.15) is 0 Å². The number of carbonyl (C=O) groups excluding carboxylic acids is 4. The Morgan fingerprint density at radius 3 is 2.15 bits per heavy atom. The Kier molecular flexibility index (Phi) is 8.75. The molecule has 1 aliphatic rings. The van der Waals surface area contributed by atoms with E-state index in [0.717, 1.165) is 11.1 Å². The van der Waals surface area contributed by atoms with Crippen LogP contribution in [-0.4, -0.2) is 48.3 Å². The summed E-state index contributed by atoms with van der Waals surface area (Å²) in [6.07, 6.45) is 1.12. The van der Waals surface area contributed by atoms with Crippen molar-refractivity contribution in [1.82, 2.24) is 16.0 Å². The molecule has 1 aliphatic heterocycles. The molecule has 4 atom stereocenters. The highest BCUT2D eigenvalue weighted by molar-refractivity contribution is 5.90. The maximum atomic E-state index is 13.3. The average molecular weight is 466 g/mol. The minimum Gasteiger partial charge on any atom is -0.368 e. The molecule has 7 N–H and O–H groups in total. The summed E-state index contributed by atoms with van der Waals surface area (Å²) in [6, 6.07) is 15.6. The predicted octanol–water partition coefficient (Wildman–Crippen LogP) is -0.220. The van der Waals surface area contributed by atoms with E-state index in [9.17, 15) is 19.2 Å². The van der Waals surface area contributed by atoms with Gasteiger partial charge in [-0.05, 0) is 24.0 Å². The van der Waals surface area contributed by atoms with Gasteiger partial charge in [0, 0.05) is 18.9 Å². The fraction of sp³-hybridized carbons (Fsp3) is 0.360. The Hall–Kier alpha value is -3.72. The van der Waals surface area contributed by atoms with E-state index >= 15 is 0 Å². The highest BCUT2D eigenvalue weighted by atomic mass is 16.2. The van der Waals surface area contributed by atoms with Crippen LogP contribution in [0.1, 0.15) is 24.0 Å². The smallest absolute Gasteiger partial charge is 0.243 e. The monoisotopic (exact) mass is 465 g/mol. The molecule has 2 aromatic carbocycles. The van der Waals surface area contributed by atoms with Gasteiger partial charge in [-0.3, -0.25) is 19.2 Å². The fourth-order valence-corrected chi connectivity index (χ4v) is 4.04. The number of carbonyl (C=O) groups is 4. The fourth-order valence-electron chi connectivity index (χ4n) is 4.04. The number of rotatable bonds is 11. The van der Waals surface area contributed by atoms with Crippen LogP contribution < -0.4 is 27.4 Å². The lowest BCUT2D eigenvalue weighted by Crippen LogP contribution is -2.58. The zero-order chi connectivity index (χ0) is 24.5. The highest BCUT2D eigenvalue weighted by Crippen LogP contribution is 2.18. The number of primary amides is 1. The minimum absolute atomic E-state index is 0.117. The van der Waals surface area contributed by atoms with Gasteiger partial charge in [0.05, 0.1) is 12.5 Å². The largest absolute Gasteiger partial charge is 0.368 e. The molecule has 34 heavy (non-hydrogen) atoms. The molecule has 0 radical (unpaired) electrons. The van der Waals surface area contributed by atoms with E-state index in [2.05, 4.69) is 16.0 Å². The third-order valence-corrected chi connectivity index (χ3v) is 5.93. The van der Waals surface area contributed by atoms with E-state index in [4.69, 9.17) is 11.5 Å². The SMILES string of the molecule is NC(=O)[C@@H](N)[C@H](C[C@@H]1CCNC1=O)NC(=O)[C@H](Cc1ccccc1)NC(=O)Cc1ccccc1. The molecule has 2 aromatic rings. The van der Waals surface area contributed by atoms with E-state index in [-0.39, 0.29) is 37.0 Å². The summed E-state index contributed by atoms with van der Waals surface area (Å²) in [7, 11) is 0. The predicted molar refractivity (Wildman–Crippen MR) is 127 cm³/mol. The number of amides is 4. The molecule has 1 fully saturated rings. The molecule has 1 heterocycles. The van der Waals surface area contributed by atoms with Gasteiger partial charge in [0.1, 0.15) is 12.1 Å². The van der Waals surface area contributed by atoms with E-state index in [1.807, 2.05) is 60.7 Å². The Morgan fingerprint density at radius 1 is 0.971 bits per heavy atom. The maximum absolute atomic E-state index is 13.3. The van der Waals surface area contributed by atoms with Crippen molar-refractivity contribution in [3.63, 3.8) is 0 Å². The second kappa shape index (κ2) is 11.9. The van der Waals surface area contributed by atoms with Gasteiger partial charge in [0.15, 0.2) is 0 Å². The molecule has 3 rings (SSSR count). The van der Waals surface area contributed by atoms with Crippen molar-refractivity contribution in [1.29, 1.82) is 0 Å². The van der Waals surface area contributed by atoms with Crippen molar-refractivity contribution in [2.24, 2.45) is 17.4 Å². The van der Waals surface area contributed by atoms with E-state index in [1.54, 1.807) is 0 Å². The van der Waals surface area contributed by atoms with Crippen LogP contribution in [0.3, 0.4) is 0 Å². The van der Waals surface area contributed by atoms with E-state index < -0.39 is 29.9 Å². The minimum atomic E-state index is -1.17. The Labute approximate surface area is 198 Å². The molecule has 4 amide bonds. The van der Waals surface area contributed by atoms with Gasteiger partial charge < -0.3 is 27.4 Å². The molecule has 0 unspecified atom stereocenters. The number of nitrogens with one attached hydrogen (secondary N) is 3. The van der Waals surface area contributed by atoms with Crippen LogP contribution in [0.25, 0.3) is 0 Å². The van der Waals surface area contributed by atoms with Crippen LogP contribution in [0, 0.1) is 5.92 Å². The third kappa shape index (κ3) is 7.14. The van der Waals surface area contributed by atoms with Gasteiger partial charge in [-0.25, -0.2) is 0 Å². The normalized spacial score (nSPS) is 17.8. The van der Waals surface area contributed by atoms with Crippen LogP contribution in [0.2, 0.25) is 0 Å². The second-order valence-corrected chi connectivity index (χ2v) is 8.53. The summed E-state index contributed by atoms with van der Waals surface area (Å²) in [5.74, 6) is -2.11. The van der Waals surface area contributed by atoms with Crippen molar-refractivity contribution in [2.45, 2.75) is 43.8 Å². The number of hydrogen-bond donors (Lipinski definition) is 5. The van der Waals surface area contributed by atoms with Gasteiger partial charge in [-0.15, -0.1) is 0 Å². The van der Waals surface area contributed by atoms with Crippen molar-refractivity contribution >= 4 is 23.6 Å². The zero-order valence-corrected chi connectivity index (χ0v) is 18.9. The molecule has 0 aliphatic carbocycles. The van der Waals surface area contributed by atoms with E-state index in [0.29, 0.717) is 13.0 Å². The van der Waals surface area contributed by atoms with Crippen molar-refractivity contribution in [3.8, 4) is 0 Å². The summed E-state index contributed by atoms with van der Waals surface area (Å²) in [5.41, 5.74) is 13.1. The first-order valence-corrected chi connectivity index (χ1v) is 11.3. The molecule has 0 aromatic heterocycles.